The molecule has 1 aromatic heterocycles. The highest BCUT2D eigenvalue weighted by Crippen LogP contribution is 2.34. The monoisotopic (exact) mass is 384 g/mol. The van der Waals surface area contributed by atoms with Gasteiger partial charge in [0.2, 0.25) is 5.91 Å². The van der Waals surface area contributed by atoms with Crippen LogP contribution in [0.25, 0.3) is 11.3 Å². The lowest BCUT2D eigenvalue weighted by molar-refractivity contribution is -0.130. The molecule has 0 radical (unpaired) electrons. The van der Waals surface area contributed by atoms with Crippen molar-refractivity contribution in [3.05, 3.63) is 42.1 Å². The first-order valence-corrected chi connectivity index (χ1v) is 10.5. The lowest BCUT2D eigenvalue weighted by Gasteiger charge is -2.33. The maximum Gasteiger partial charge on any atom is 0.242 e. The van der Waals surface area contributed by atoms with Crippen LogP contribution >= 0.6 is 0 Å². The second-order valence-electron chi connectivity index (χ2n) is 7.93. The number of aromatic nitrogens is 2. The fraction of sp³-hybridized carbons (Fsp3) is 0.545. The van der Waals surface area contributed by atoms with Gasteiger partial charge in [0.15, 0.2) is 0 Å². The molecule has 0 bridgehead atoms. The van der Waals surface area contributed by atoms with Crippen molar-refractivity contribution in [2.75, 3.05) is 32.7 Å². The zero-order valence-electron chi connectivity index (χ0n) is 16.6. The Balaban J connectivity index is 1.67. The fourth-order valence-corrected chi connectivity index (χ4v) is 4.55. The number of carbonyl (C=O) groups is 1. The predicted molar refractivity (Wildman–Crippen MR) is 108 cm³/mol. The van der Waals surface area contributed by atoms with E-state index in [0.29, 0.717) is 12.5 Å². The number of likely N-dealkylation sites (tertiary alicyclic amines) is 2. The Morgan fingerprint density at radius 2 is 1.89 bits per heavy atom. The topological polar surface area (TPSA) is 41.4 Å². The van der Waals surface area contributed by atoms with Crippen LogP contribution in [-0.4, -0.2) is 58.0 Å². The Bertz CT molecular complexity index is 810. The van der Waals surface area contributed by atoms with E-state index < -0.39 is 0 Å². The van der Waals surface area contributed by atoms with Gasteiger partial charge in [-0.25, -0.2) is 9.37 Å². The second kappa shape index (κ2) is 8.43. The minimum Gasteiger partial charge on any atom is -0.341 e. The number of benzene rings is 1. The molecule has 3 heterocycles. The molecule has 150 valence electrons. The van der Waals surface area contributed by atoms with E-state index in [1.54, 1.807) is 18.5 Å². The van der Waals surface area contributed by atoms with Crippen LogP contribution in [0.15, 0.2) is 30.6 Å². The van der Waals surface area contributed by atoms with Crippen molar-refractivity contribution in [3.8, 4) is 11.3 Å². The van der Waals surface area contributed by atoms with Gasteiger partial charge >= 0.3 is 0 Å². The lowest BCUT2D eigenvalue weighted by Crippen LogP contribution is -2.36. The number of likely N-dealkylation sites (N-methyl/N-ethyl adjacent to an activating group) is 1. The highest BCUT2D eigenvalue weighted by atomic mass is 19.1. The Morgan fingerprint density at radius 3 is 2.61 bits per heavy atom. The molecule has 0 spiro atoms. The summed E-state index contributed by atoms with van der Waals surface area (Å²) in [6, 6.07) is 6.53. The molecule has 1 atom stereocenters. The molecule has 2 fully saturated rings. The van der Waals surface area contributed by atoms with Gasteiger partial charge in [0.25, 0.3) is 0 Å². The summed E-state index contributed by atoms with van der Waals surface area (Å²) in [4.78, 5) is 21.9. The van der Waals surface area contributed by atoms with E-state index in [4.69, 9.17) is 0 Å². The summed E-state index contributed by atoms with van der Waals surface area (Å²) in [5, 5.41) is 0. The predicted octanol–water partition coefficient (Wildman–Crippen LogP) is 3.51. The summed E-state index contributed by atoms with van der Waals surface area (Å²) in [6.07, 6.45) is 6.22. The number of hydrogen-bond acceptors (Lipinski definition) is 3. The highest BCUT2D eigenvalue weighted by molar-refractivity contribution is 5.76. The summed E-state index contributed by atoms with van der Waals surface area (Å²) in [6.45, 7) is 7.39. The first-order valence-electron chi connectivity index (χ1n) is 10.5. The van der Waals surface area contributed by atoms with Crippen LogP contribution in [0.4, 0.5) is 4.39 Å². The average molecular weight is 384 g/mol. The van der Waals surface area contributed by atoms with Gasteiger partial charge in [-0.15, -0.1) is 0 Å². The molecule has 0 N–H and O–H groups in total. The Labute approximate surface area is 166 Å². The van der Waals surface area contributed by atoms with Crippen LogP contribution in [-0.2, 0) is 11.3 Å². The molecule has 6 heteroatoms. The smallest absolute Gasteiger partial charge is 0.242 e. The number of piperidine rings is 1. The Morgan fingerprint density at radius 1 is 1.14 bits per heavy atom. The van der Waals surface area contributed by atoms with E-state index in [9.17, 15) is 9.18 Å². The van der Waals surface area contributed by atoms with Gasteiger partial charge in [-0.2, -0.15) is 0 Å². The summed E-state index contributed by atoms with van der Waals surface area (Å²) in [7, 11) is 0. The Hall–Kier alpha value is -2.21. The normalized spacial score (nSPS) is 20.6. The van der Waals surface area contributed by atoms with Crippen LogP contribution in [0.5, 0.6) is 0 Å². The van der Waals surface area contributed by atoms with Gasteiger partial charge in [-0.05, 0) is 63.0 Å². The van der Waals surface area contributed by atoms with E-state index in [2.05, 4.69) is 16.8 Å². The molecular formula is C22H29FN4O. The highest BCUT2D eigenvalue weighted by Gasteiger charge is 2.28. The van der Waals surface area contributed by atoms with E-state index in [0.717, 1.165) is 75.4 Å². The summed E-state index contributed by atoms with van der Waals surface area (Å²) >= 11 is 0. The quantitative estimate of drug-likeness (QED) is 0.792. The standard InChI is InChI=1S/C22H29FN4O/c1-2-25-11-5-6-18(14-25)22-21(17-7-9-19(23)10-8-17)24-16-27(22)15-20(28)26-12-3-4-13-26/h7-10,16,18H,2-6,11-15H2,1H3. The van der Waals surface area contributed by atoms with Crippen LogP contribution in [0.3, 0.4) is 0 Å². The molecule has 1 amide bonds. The molecule has 2 aliphatic rings. The summed E-state index contributed by atoms with van der Waals surface area (Å²) in [5.74, 6) is 0.261. The van der Waals surface area contributed by atoms with Crippen LogP contribution in [0, 0.1) is 5.82 Å². The van der Waals surface area contributed by atoms with E-state index in [1.165, 1.54) is 12.1 Å². The molecule has 1 unspecified atom stereocenters. The van der Waals surface area contributed by atoms with Crippen molar-refractivity contribution >= 4 is 5.91 Å². The molecule has 28 heavy (non-hydrogen) atoms. The number of halogens is 1. The number of rotatable bonds is 5. The van der Waals surface area contributed by atoms with Crippen molar-refractivity contribution < 1.29 is 9.18 Å². The zero-order chi connectivity index (χ0) is 19.5. The van der Waals surface area contributed by atoms with Gasteiger partial charge in [0.1, 0.15) is 12.4 Å². The summed E-state index contributed by atoms with van der Waals surface area (Å²) in [5.41, 5.74) is 2.92. The first kappa shape index (κ1) is 19.1. The number of nitrogens with zero attached hydrogens (tertiary/aromatic N) is 4. The molecule has 2 aliphatic heterocycles. The molecule has 0 aliphatic carbocycles. The number of amides is 1. The van der Waals surface area contributed by atoms with E-state index >= 15 is 0 Å². The minimum atomic E-state index is -0.247. The van der Waals surface area contributed by atoms with Gasteiger partial charge in [0, 0.05) is 31.1 Å². The minimum absolute atomic E-state index is 0.171. The van der Waals surface area contributed by atoms with Crippen molar-refractivity contribution in [2.45, 2.75) is 45.1 Å². The SMILES string of the molecule is CCN1CCCC(c2c(-c3ccc(F)cc3)ncn2CC(=O)N2CCCC2)C1. The summed E-state index contributed by atoms with van der Waals surface area (Å²) < 4.78 is 15.5. The van der Waals surface area contributed by atoms with Gasteiger partial charge in [-0.1, -0.05) is 6.92 Å². The van der Waals surface area contributed by atoms with Crippen molar-refractivity contribution in [1.29, 1.82) is 0 Å². The number of carbonyl (C=O) groups excluding carboxylic acids is 1. The van der Waals surface area contributed by atoms with E-state index in [-0.39, 0.29) is 11.7 Å². The molecule has 4 rings (SSSR count). The van der Waals surface area contributed by atoms with Gasteiger partial charge in [0.05, 0.1) is 17.7 Å². The second-order valence-corrected chi connectivity index (χ2v) is 7.93. The average Bonchev–Trinajstić information content (AvgIpc) is 3.39. The molecule has 2 saturated heterocycles. The molecular weight excluding hydrogens is 355 g/mol. The van der Waals surface area contributed by atoms with Crippen LogP contribution in [0.1, 0.15) is 44.2 Å². The zero-order valence-corrected chi connectivity index (χ0v) is 16.6. The lowest BCUT2D eigenvalue weighted by atomic mass is 9.91. The largest absolute Gasteiger partial charge is 0.341 e. The molecule has 0 saturated carbocycles. The maximum absolute atomic E-state index is 13.4. The van der Waals surface area contributed by atoms with Crippen molar-refractivity contribution in [2.24, 2.45) is 0 Å². The third-order valence-electron chi connectivity index (χ3n) is 6.10. The van der Waals surface area contributed by atoms with Crippen LogP contribution < -0.4 is 0 Å². The fourth-order valence-electron chi connectivity index (χ4n) is 4.55. The third kappa shape index (κ3) is 3.97. The van der Waals surface area contributed by atoms with Crippen LogP contribution in [0.2, 0.25) is 0 Å². The third-order valence-corrected chi connectivity index (χ3v) is 6.10. The number of imidazole rings is 1. The Kier molecular flexibility index (Phi) is 5.76. The molecule has 2 aromatic rings. The first-order chi connectivity index (χ1) is 13.7. The molecule has 1 aromatic carbocycles. The van der Waals surface area contributed by atoms with Gasteiger partial charge < -0.3 is 14.4 Å². The van der Waals surface area contributed by atoms with E-state index in [1.807, 2.05) is 9.47 Å². The number of hydrogen-bond donors (Lipinski definition) is 0. The maximum atomic E-state index is 13.4. The molecule has 5 nitrogen and oxygen atoms in total. The van der Waals surface area contributed by atoms with Gasteiger partial charge in [-0.3, -0.25) is 4.79 Å². The van der Waals surface area contributed by atoms with Crippen molar-refractivity contribution in [1.82, 2.24) is 19.4 Å². The van der Waals surface area contributed by atoms with Crippen molar-refractivity contribution in [3.63, 3.8) is 0 Å².